The number of piperidine rings is 1. The molecule has 1 saturated heterocycles. The maximum absolute atomic E-state index is 12.4. The SMILES string of the molecule is Cc1cccc(CC(O)CC[C@H]2CCCC(=O)N2CCCCCCC(=O)O)n1. The van der Waals surface area contributed by atoms with E-state index in [2.05, 4.69) is 4.98 Å². The summed E-state index contributed by atoms with van der Waals surface area (Å²) in [7, 11) is 0. The van der Waals surface area contributed by atoms with Crippen LogP contribution in [-0.2, 0) is 16.0 Å². The highest BCUT2D eigenvalue weighted by Crippen LogP contribution is 2.24. The average molecular weight is 391 g/mol. The molecular weight excluding hydrogens is 356 g/mol. The number of aryl methyl sites for hydroxylation is 1. The van der Waals surface area contributed by atoms with Gasteiger partial charge in [0.1, 0.15) is 0 Å². The minimum Gasteiger partial charge on any atom is -0.481 e. The number of hydrogen-bond donors (Lipinski definition) is 2. The van der Waals surface area contributed by atoms with E-state index in [1.54, 1.807) is 0 Å². The molecule has 0 spiro atoms. The normalized spacial score (nSPS) is 18.3. The van der Waals surface area contributed by atoms with E-state index in [1.165, 1.54) is 0 Å². The molecule has 0 aliphatic carbocycles. The zero-order chi connectivity index (χ0) is 20.4. The summed E-state index contributed by atoms with van der Waals surface area (Å²) in [5.41, 5.74) is 1.86. The number of amides is 1. The highest BCUT2D eigenvalue weighted by Gasteiger charge is 2.27. The fraction of sp³-hybridized carbons (Fsp3) is 0.682. The molecule has 0 bridgehead atoms. The van der Waals surface area contributed by atoms with Crippen LogP contribution in [0.15, 0.2) is 18.2 Å². The van der Waals surface area contributed by atoms with Gasteiger partial charge >= 0.3 is 5.97 Å². The second-order valence-electron chi connectivity index (χ2n) is 7.90. The second kappa shape index (κ2) is 11.8. The van der Waals surface area contributed by atoms with Gasteiger partial charge in [0.2, 0.25) is 5.91 Å². The van der Waals surface area contributed by atoms with Gasteiger partial charge in [-0.2, -0.15) is 0 Å². The second-order valence-corrected chi connectivity index (χ2v) is 7.90. The highest BCUT2D eigenvalue weighted by molar-refractivity contribution is 5.77. The standard InChI is InChI=1S/C22H34N2O4/c1-17-8-6-9-18(23-17)16-20(25)14-13-19-10-7-11-21(26)24(19)15-5-3-2-4-12-22(27)28/h6,8-9,19-20,25H,2-5,7,10-16H2,1H3,(H,27,28)/t19-,20?/m1/s1. The molecule has 1 aromatic heterocycles. The number of carbonyl (C=O) groups excluding carboxylic acids is 1. The Hall–Kier alpha value is -1.95. The molecule has 1 aliphatic rings. The number of pyridine rings is 1. The van der Waals surface area contributed by atoms with E-state index in [-0.39, 0.29) is 18.4 Å². The fourth-order valence-electron chi connectivity index (χ4n) is 3.95. The van der Waals surface area contributed by atoms with E-state index in [0.29, 0.717) is 25.7 Å². The summed E-state index contributed by atoms with van der Waals surface area (Å²) in [6.45, 7) is 2.69. The summed E-state index contributed by atoms with van der Waals surface area (Å²) in [5, 5.41) is 19.1. The number of rotatable bonds is 12. The van der Waals surface area contributed by atoms with Crippen molar-refractivity contribution in [1.82, 2.24) is 9.88 Å². The molecule has 1 aliphatic heterocycles. The molecular formula is C22H34N2O4. The minimum atomic E-state index is -0.745. The molecule has 1 unspecified atom stereocenters. The molecule has 2 rings (SSSR count). The first-order valence-electron chi connectivity index (χ1n) is 10.6. The Morgan fingerprint density at radius 1 is 1.29 bits per heavy atom. The van der Waals surface area contributed by atoms with Crippen LogP contribution in [0.4, 0.5) is 0 Å². The van der Waals surface area contributed by atoms with E-state index in [4.69, 9.17) is 5.11 Å². The Morgan fingerprint density at radius 3 is 2.82 bits per heavy atom. The van der Waals surface area contributed by atoms with Crippen molar-refractivity contribution in [1.29, 1.82) is 0 Å². The Kier molecular flexibility index (Phi) is 9.41. The van der Waals surface area contributed by atoms with Crippen LogP contribution in [0.2, 0.25) is 0 Å². The van der Waals surface area contributed by atoms with Gasteiger partial charge in [0.25, 0.3) is 0 Å². The number of aliphatic hydroxyl groups is 1. The number of likely N-dealkylation sites (tertiary alicyclic amines) is 1. The lowest BCUT2D eigenvalue weighted by Gasteiger charge is -2.36. The third-order valence-corrected chi connectivity index (χ3v) is 5.45. The van der Waals surface area contributed by atoms with Gasteiger partial charge in [0.15, 0.2) is 0 Å². The molecule has 0 saturated carbocycles. The maximum atomic E-state index is 12.4. The molecule has 2 N–H and O–H groups in total. The summed E-state index contributed by atoms with van der Waals surface area (Å²) in [5.74, 6) is -0.526. The topological polar surface area (TPSA) is 90.7 Å². The van der Waals surface area contributed by atoms with E-state index in [0.717, 1.165) is 56.5 Å². The summed E-state index contributed by atoms with van der Waals surface area (Å²) in [6.07, 6.45) is 7.81. The quantitative estimate of drug-likeness (QED) is 0.533. The van der Waals surface area contributed by atoms with Crippen LogP contribution >= 0.6 is 0 Å². The van der Waals surface area contributed by atoms with Gasteiger partial charge in [0, 0.05) is 43.2 Å². The van der Waals surface area contributed by atoms with E-state index in [9.17, 15) is 14.7 Å². The van der Waals surface area contributed by atoms with Crippen molar-refractivity contribution >= 4 is 11.9 Å². The van der Waals surface area contributed by atoms with Crippen LogP contribution in [0.5, 0.6) is 0 Å². The highest BCUT2D eigenvalue weighted by atomic mass is 16.4. The number of unbranched alkanes of at least 4 members (excludes halogenated alkanes) is 3. The predicted molar refractivity (Wildman–Crippen MR) is 108 cm³/mol. The zero-order valence-electron chi connectivity index (χ0n) is 17.0. The van der Waals surface area contributed by atoms with Crippen molar-refractivity contribution in [3.05, 3.63) is 29.6 Å². The predicted octanol–water partition coefficient (Wildman–Crippen LogP) is 3.49. The van der Waals surface area contributed by atoms with Crippen molar-refractivity contribution in [2.24, 2.45) is 0 Å². The fourth-order valence-corrected chi connectivity index (χ4v) is 3.95. The number of carboxylic acids is 1. The molecule has 6 heteroatoms. The van der Waals surface area contributed by atoms with Crippen LogP contribution in [-0.4, -0.2) is 50.7 Å². The number of aliphatic hydroxyl groups excluding tert-OH is 1. The van der Waals surface area contributed by atoms with Crippen molar-refractivity contribution in [3.63, 3.8) is 0 Å². The molecule has 1 fully saturated rings. The van der Waals surface area contributed by atoms with Gasteiger partial charge in [-0.3, -0.25) is 14.6 Å². The zero-order valence-corrected chi connectivity index (χ0v) is 17.0. The van der Waals surface area contributed by atoms with E-state index < -0.39 is 12.1 Å². The lowest BCUT2D eigenvalue weighted by molar-refractivity contribution is -0.137. The molecule has 6 nitrogen and oxygen atoms in total. The van der Waals surface area contributed by atoms with Crippen LogP contribution in [0.1, 0.15) is 75.6 Å². The summed E-state index contributed by atoms with van der Waals surface area (Å²) in [4.78, 5) is 29.4. The van der Waals surface area contributed by atoms with Gasteiger partial charge in [-0.15, -0.1) is 0 Å². The van der Waals surface area contributed by atoms with Gasteiger partial charge in [-0.05, 0) is 57.6 Å². The van der Waals surface area contributed by atoms with Crippen molar-refractivity contribution in [2.45, 2.75) is 89.7 Å². The molecule has 2 atom stereocenters. The molecule has 1 amide bonds. The molecule has 2 heterocycles. The van der Waals surface area contributed by atoms with Crippen molar-refractivity contribution in [3.8, 4) is 0 Å². The van der Waals surface area contributed by atoms with Gasteiger partial charge in [0.05, 0.1) is 6.10 Å². The van der Waals surface area contributed by atoms with Crippen molar-refractivity contribution in [2.75, 3.05) is 6.54 Å². The van der Waals surface area contributed by atoms with Gasteiger partial charge < -0.3 is 15.1 Å². The van der Waals surface area contributed by atoms with Gasteiger partial charge in [-0.25, -0.2) is 0 Å². The monoisotopic (exact) mass is 390 g/mol. The minimum absolute atomic E-state index is 0.209. The van der Waals surface area contributed by atoms with E-state index in [1.807, 2.05) is 30.0 Å². The lowest BCUT2D eigenvalue weighted by atomic mass is 9.94. The Labute approximate surface area is 168 Å². The Balaban J connectivity index is 1.74. The lowest BCUT2D eigenvalue weighted by Crippen LogP contribution is -2.44. The first kappa shape index (κ1) is 22.3. The van der Waals surface area contributed by atoms with E-state index >= 15 is 0 Å². The van der Waals surface area contributed by atoms with Crippen LogP contribution in [0.25, 0.3) is 0 Å². The molecule has 0 radical (unpaired) electrons. The summed E-state index contributed by atoms with van der Waals surface area (Å²) < 4.78 is 0. The van der Waals surface area contributed by atoms with Crippen LogP contribution < -0.4 is 0 Å². The number of aliphatic carboxylic acids is 1. The first-order valence-corrected chi connectivity index (χ1v) is 10.6. The third kappa shape index (κ3) is 7.97. The average Bonchev–Trinajstić information content (AvgIpc) is 2.64. The van der Waals surface area contributed by atoms with Gasteiger partial charge in [-0.1, -0.05) is 18.9 Å². The number of carboxylic acid groups (broad SMARTS) is 1. The number of aromatic nitrogens is 1. The first-order chi connectivity index (χ1) is 13.5. The number of carbonyl (C=O) groups is 2. The number of nitrogens with zero attached hydrogens (tertiary/aromatic N) is 2. The Morgan fingerprint density at radius 2 is 2.07 bits per heavy atom. The molecule has 156 valence electrons. The molecule has 28 heavy (non-hydrogen) atoms. The summed E-state index contributed by atoms with van der Waals surface area (Å²) in [6, 6.07) is 6.06. The van der Waals surface area contributed by atoms with Crippen molar-refractivity contribution < 1.29 is 19.8 Å². The Bertz CT molecular complexity index is 635. The van der Waals surface area contributed by atoms with Crippen LogP contribution in [0, 0.1) is 6.92 Å². The largest absolute Gasteiger partial charge is 0.481 e. The smallest absolute Gasteiger partial charge is 0.303 e. The molecule has 0 aromatic carbocycles. The summed E-state index contributed by atoms with van der Waals surface area (Å²) >= 11 is 0. The molecule has 1 aromatic rings. The number of hydrogen-bond acceptors (Lipinski definition) is 4. The third-order valence-electron chi connectivity index (χ3n) is 5.45. The van der Waals surface area contributed by atoms with Crippen LogP contribution in [0.3, 0.4) is 0 Å². The maximum Gasteiger partial charge on any atom is 0.303 e.